The molecule has 0 fully saturated rings. The number of alkyl halides is 2. The second-order valence-corrected chi connectivity index (χ2v) is 3.54. The fraction of sp³-hybridized carbons (Fsp3) is 0.333. The van der Waals surface area contributed by atoms with Gasteiger partial charge in [0.15, 0.2) is 0 Å². The lowest BCUT2D eigenvalue weighted by Crippen LogP contribution is -2.04. The summed E-state index contributed by atoms with van der Waals surface area (Å²) in [4.78, 5) is 0. The van der Waals surface area contributed by atoms with Crippen LogP contribution in [0.5, 0.6) is 5.75 Å². The van der Waals surface area contributed by atoms with E-state index in [0.29, 0.717) is 17.4 Å². The molecule has 0 amide bonds. The number of nitrogens with two attached hydrogens (primary N) is 1. The molecule has 78 valence electrons. The first-order valence-corrected chi connectivity index (χ1v) is 4.86. The molecular formula is C9H10BrF2NO. The van der Waals surface area contributed by atoms with Gasteiger partial charge in [-0.25, -0.2) is 0 Å². The monoisotopic (exact) mass is 265 g/mol. The Morgan fingerprint density at radius 1 is 1.43 bits per heavy atom. The van der Waals surface area contributed by atoms with Crippen LogP contribution in [0.3, 0.4) is 0 Å². The van der Waals surface area contributed by atoms with Crippen LogP contribution in [0.25, 0.3) is 0 Å². The average molecular weight is 266 g/mol. The zero-order valence-electron chi connectivity index (χ0n) is 7.34. The third-order valence-electron chi connectivity index (χ3n) is 1.65. The maximum absolute atomic E-state index is 11.9. The molecule has 0 spiro atoms. The second-order valence-electron chi connectivity index (χ2n) is 2.68. The molecule has 0 atom stereocenters. The van der Waals surface area contributed by atoms with Crippen LogP contribution in [0.2, 0.25) is 0 Å². The molecule has 0 radical (unpaired) electrons. The number of rotatable bonds is 4. The van der Waals surface area contributed by atoms with Crippen LogP contribution in [0.15, 0.2) is 22.7 Å². The van der Waals surface area contributed by atoms with Crippen LogP contribution in [0, 0.1) is 0 Å². The van der Waals surface area contributed by atoms with Crippen molar-refractivity contribution in [3.05, 3.63) is 28.2 Å². The van der Waals surface area contributed by atoms with Gasteiger partial charge in [-0.3, -0.25) is 0 Å². The van der Waals surface area contributed by atoms with E-state index in [2.05, 4.69) is 20.7 Å². The molecule has 0 unspecified atom stereocenters. The van der Waals surface area contributed by atoms with E-state index in [1.165, 1.54) is 6.07 Å². The molecule has 0 aliphatic heterocycles. The highest BCUT2D eigenvalue weighted by molar-refractivity contribution is 9.10. The molecule has 0 aliphatic rings. The van der Waals surface area contributed by atoms with Gasteiger partial charge < -0.3 is 10.5 Å². The van der Waals surface area contributed by atoms with Gasteiger partial charge in [0.1, 0.15) is 5.75 Å². The summed E-state index contributed by atoms with van der Waals surface area (Å²) in [6, 6.07) is 4.95. The minimum Gasteiger partial charge on any atom is -0.434 e. The Morgan fingerprint density at radius 2 is 2.14 bits per heavy atom. The first kappa shape index (κ1) is 11.4. The molecule has 1 rings (SSSR count). The summed E-state index contributed by atoms with van der Waals surface area (Å²) in [5.41, 5.74) is 6.35. The highest BCUT2D eigenvalue weighted by Gasteiger charge is 2.08. The maximum atomic E-state index is 11.9. The lowest BCUT2D eigenvalue weighted by atomic mass is 10.1. The first-order chi connectivity index (χ1) is 6.63. The Bertz CT molecular complexity index is 307. The number of ether oxygens (including phenoxy) is 1. The van der Waals surface area contributed by atoms with Crippen molar-refractivity contribution >= 4 is 15.9 Å². The summed E-state index contributed by atoms with van der Waals surface area (Å²) in [6.07, 6.45) is 0.716. The molecule has 0 heterocycles. The van der Waals surface area contributed by atoms with E-state index in [9.17, 15) is 8.78 Å². The van der Waals surface area contributed by atoms with E-state index in [1.54, 1.807) is 12.1 Å². The molecule has 0 saturated heterocycles. The smallest absolute Gasteiger partial charge is 0.387 e. The van der Waals surface area contributed by atoms with E-state index >= 15 is 0 Å². The van der Waals surface area contributed by atoms with E-state index in [1.807, 2.05) is 0 Å². The normalized spacial score (nSPS) is 10.6. The Balaban J connectivity index is 2.79. The van der Waals surface area contributed by atoms with Gasteiger partial charge in [0.25, 0.3) is 0 Å². The van der Waals surface area contributed by atoms with Gasteiger partial charge in [-0.15, -0.1) is 0 Å². The number of halogens is 3. The van der Waals surface area contributed by atoms with Gasteiger partial charge in [0.05, 0.1) is 4.47 Å². The molecule has 1 aromatic carbocycles. The Morgan fingerprint density at radius 3 is 2.64 bits per heavy atom. The van der Waals surface area contributed by atoms with Crippen molar-refractivity contribution in [1.82, 2.24) is 0 Å². The second kappa shape index (κ2) is 5.26. The minimum absolute atomic E-state index is 0.140. The predicted molar refractivity (Wildman–Crippen MR) is 53.5 cm³/mol. The van der Waals surface area contributed by atoms with Gasteiger partial charge in [-0.05, 0) is 46.6 Å². The van der Waals surface area contributed by atoms with E-state index in [0.717, 1.165) is 5.56 Å². The molecule has 0 aromatic heterocycles. The third-order valence-corrected chi connectivity index (χ3v) is 2.27. The molecular weight excluding hydrogens is 256 g/mol. The van der Waals surface area contributed by atoms with Crippen molar-refractivity contribution in [1.29, 1.82) is 0 Å². The van der Waals surface area contributed by atoms with Gasteiger partial charge in [0.2, 0.25) is 0 Å². The van der Waals surface area contributed by atoms with E-state index in [4.69, 9.17) is 5.73 Å². The molecule has 0 bridgehead atoms. The lowest BCUT2D eigenvalue weighted by Gasteiger charge is -2.07. The Labute approximate surface area is 89.2 Å². The van der Waals surface area contributed by atoms with Crippen molar-refractivity contribution in [3.63, 3.8) is 0 Å². The van der Waals surface area contributed by atoms with Crippen molar-refractivity contribution in [2.75, 3.05) is 6.54 Å². The predicted octanol–water partition coefficient (Wildman–Crippen LogP) is 2.55. The van der Waals surface area contributed by atoms with Gasteiger partial charge in [0, 0.05) is 0 Å². The van der Waals surface area contributed by atoms with Crippen LogP contribution < -0.4 is 10.5 Å². The average Bonchev–Trinajstić information content (AvgIpc) is 2.10. The minimum atomic E-state index is -2.80. The maximum Gasteiger partial charge on any atom is 0.387 e. The molecule has 1 aromatic rings. The SMILES string of the molecule is NCCc1ccc(OC(F)F)c(Br)c1. The Kier molecular flexibility index (Phi) is 4.28. The first-order valence-electron chi connectivity index (χ1n) is 4.07. The van der Waals surface area contributed by atoms with Gasteiger partial charge in [-0.2, -0.15) is 8.78 Å². The zero-order valence-corrected chi connectivity index (χ0v) is 8.93. The lowest BCUT2D eigenvalue weighted by molar-refractivity contribution is -0.0503. The fourth-order valence-electron chi connectivity index (χ4n) is 1.06. The Hall–Kier alpha value is -0.680. The highest BCUT2D eigenvalue weighted by atomic mass is 79.9. The van der Waals surface area contributed by atoms with Crippen molar-refractivity contribution < 1.29 is 13.5 Å². The third kappa shape index (κ3) is 3.23. The van der Waals surface area contributed by atoms with Crippen molar-refractivity contribution in [2.45, 2.75) is 13.0 Å². The van der Waals surface area contributed by atoms with E-state index in [-0.39, 0.29) is 5.75 Å². The van der Waals surface area contributed by atoms with Gasteiger partial charge >= 0.3 is 6.61 Å². The number of hydrogen-bond acceptors (Lipinski definition) is 2. The molecule has 2 N–H and O–H groups in total. The molecule has 5 heteroatoms. The molecule has 2 nitrogen and oxygen atoms in total. The summed E-state index contributed by atoms with van der Waals surface area (Å²) >= 11 is 3.15. The van der Waals surface area contributed by atoms with Crippen LogP contribution >= 0.6 is 15.9 Å². The van der Waals surface area contributed by atoms with Crippen molar-refractivity contribution in [2.24, 2.45) is 5.73 Å². The number of hydrogen-bond donors (Lipinski definition) is 1. The zero-order chi connectivity index (χ0) is 10.6. The van der Waals surface area contributed by atoms with Crippen molar-refractivity contribution in [3.8, 4) is 5.75 Å². The van der Waals surface area contributed by atoms with Crippen LogP contribution in [0.4, 0.5) is 8.78 Å². The summed E-state index contributed by atoms with van der Waals surface area (Å²) in [6.45, 7) is -2.27. The van der Waals surface area contributed by atoms with E-state index < -0.39 is 6.61 Å². The topological polar surface area (TPSA) is 35.2 Å². The summed E-state index contributed by atoms with van der Waals surface area (Å²) in [7, 11) is 0. The highest BCUT2D eigenvalue weighted by Crippen LogP contribution is 2.27. The molecule has 0 aliphatic carbocycles. The largest absolute Gasteiger partial charge is 0.434 e. The quantitative estimate of drug-likeness (QED) is 0.908. The summed E-state index contributed by atoms with van der Waals surface area (Å²) in [5, 5.41) is 0. The molecule has 14 heavy (non-hydrogen) atoms. The van der Waals surface area contributed by atoms with Crippen LogP contribution in [-0.2, 0) is 6.42 Å². The van der Waals surface area contributed by atoms with Gasteiger partial charge in [-0.1, -0.05) is 6.07 Å². The van der Waals surface area contributed by atoms with Crippen LogP contribution in [0.1, 0.15) is 5.56 Å². The van der Waals surface area contributed by atoms with Crippen LogP contribution in [-0.4, -0.2) is 13.2 Å². The standard InChI is InChI=1S/C9H10BrF2NO/c10-7-5-6(3-4-13)1-2-8(7)14-9(11)12/h1-2,5,9H,3-4,13H2. The fourth-order valence-corrected chi connectivity index (χ4v) is 1.58. The summed E-state index contributed by atoms with van der Waals surface area (Å²) < 4.78 is 28.6. The molecule has 0 saturated carbocycles. The summed E-state index contributed by atoms with van der Waals surface area (Å²) in [5.74, 6) is 0.140. The number of benzene rings is 1.